The van der Waals surface area contributed by atoms with Gasteiger partial charge in [0, 0.05) is 5.92 Å². The Labute approximate surface area is 145 Å². The molecule has 0 bridgehead atoms. The number of benzene rings is 2. The van der Waals surface area contributed by atoms with E-state index in [0.29, 0.717) is 19.1 Å². The first-order chi connectivity index (χ1) is 11.6. The lowest BCUT2D eigenvalue weighted by atomic mass is 9.88. The fraction of sp³-hybridized carbons (Fsp3) is 0.429. The summed E-state index contributed by atoms with van der Waals surface area (Å²) in [5.41, 5.74) is 9.87. The normalized spacial score (nSPS) is 12.2. The molecule has 130 valence electrons. The molecule has 0 fully saturated rings. The van der Waals surface area contributed by atoms with Gasteiger partial charge >= 0.3 is 0 Å². The van der Waals surface area contributed by atoms with E-state index in [4.69, 9.17) is 15.2 Å². The van der Waals surface area contributed by atoms with Gasteiger partial charge in [-0.2, -0.15) is 0 Å². The van der Waals surface area contributed by atoms with E-state index < -0.39 is 0 Å². The maximum atomic E-state index is 6.10. The van der Waals surface area contributed by atoms with Gasteiger partial charge in [0.05, 0.1) is 13.7 Å². The van der Waals surface area contributed by atoms with Gasteiger partial charge in [0.25, 0.3) is 0 Å². The average molecular weight is 327 g/mol. The molecule has 0 aromatic heterocycles. The molecule has 0 aliphatic rings. The smallest absolute Gasteiger partial charge is 0.122 e. The van der Waals surface area contributed by atoms with Crippen LogP contribution in [0.15, 0.2) is 42.5 Å². The van der Waals surface area contributed by atoms with E-state index in [0.717, 1.165) is 17.9 Å². The zero-order chi connectivity index (χ0) is 17.5. The van der Waals surface area contributed by atoms with Crippen LogP contribution in [-0.2, 0) is 6.42 Å². The Morgan fingerprint density at radius 3 is 2.29 bits per heavy atom. The minimum absolute atomic E-state index is 0.233. The van der Waals surface area contributed by atoms with Gasteiger partial charge < -0.3 is 15.2 Å². The van der Waals surface area contributed by atoms with Gasteiger partial charge in [-0.25, -0.2) is 0 Å². The van der Waals surface area contributed by atoms with Crippen LogP contribution in [0.2, 0.25) is 0 Å². The predicted molar refractivity (Wildman–Crippen MR) is 100 cm³/mol. The second kappa shape index (κ2) is 8.74. The van der Waals surface area contributed by atoms with Crippen molar-refractivity contribution in [3.05, 3.63) is 59.2 Å². The van der Waals surface area contributed by atoms with Crippen molar-refractivity contribution in [2.45, 2.75) is 39.0 Å². The standard InChI is InChI=1S/C21H29NO2/c1-5-24-19-9-6-16(7-10-19)12-18(14-22)20-13-17(15(2)3)8-11-21(20)23-4/h6-11,13,15,18H,5,12,14,22H2,1-4H3. The number of hydrogen-bond acceptors (Lipinski definition) is 3. The van der Waals surface area contributed by atoms with Crippen LogP contribution in [0, 0.1) is 0 Å². The molecule has 2 aromatic rings. The van der Waals surface area contributed by atoms with Crippen molar-refractivity contribution in [3.63, 3.8) is 0 Å². The molecule has 2 rings (SSSR count). The van der Waals surface area contributed by atoms with E-state index in [9.17, 15) is 0 Å². The van der Waals surface area contributed by atoms with E-state index in [-0.39, 0.29) is 5.92 Å². The van der Waals surface area contributed by atoms with E-state index in [1.807, 2.05) is 19.1 Å². The highest BCUT2D eigenvalue weighted by Crippen LogP contribution is 2.32. The molecule has 0 saturated heterocycles. The number of hydrogen-bond donors (Lipinski definition) is 1. The van der Waals surface area contributed by atoms with E-state index in [1.54, 1.807) is 7.11 Å². The first-order valence-electron chi connectivity index (χ1n) is 8.68. The molecular weight excluding hydrogens is 298 g/mol. The summed E-state index contributed by atoms with van der Waals surface area (Å²) in [5, 5.41) is 0. The highest BCUT2D eigenvalue weighted by molar-refractivity contribution is 5.42. The SMILES string of the molecule is CCOc1ccc(CC(CN)c2cc(C(C)C)ccc2OC)cc1. The Morgan fingerprint density at radius 2 is 1.75 bits per heavy atom. The Morgan fingerprint density at radius 1 is 1.04 bits per heavy atom. The van der Waals surface area contributed by atoms with Crippen molar-refractivity contribution >= 4 is 0 Å². The molecule has 2 N–H and O–H groups in total. The Hall–Kier alpha value is -2.00. The third-order valence-corrected chi connectivity index (χ3v) is 4.36. The van der Waals surface area contributed by atoms with Gasteiger partial charge in [0.15, 0.2) is 0 Å². The molecule has 1 atom stereocenters. The molecule has 2 aromatic carbocycles. The lowest BCUT2D eigenvalue weighted by Crippen LogP contribution is -2.16. The molecular formula is C21H29NO2. The summed E-state index contributed by atoms with van der Waals surface area (Å²) in [6, 6.07) is 14.7. The van der Waals surface area contributed by atoms with Crippen LogP contribution in [-0.4, -0.2) is 20.3 Å². The molecule has 0 radical (unpaired) electrons. The molecule has 0 aliphatic heterocycles. The summed E-state index contributed by atoms with van der Waals surface area (Å²) in [6.07, 6.45) is 0.890. The lowest BCUT2D eigenvalue weighted by molar-refractivity contribution is 0.340. The third kappa shape index (κ3) is 4.51. The van der Waals surface area contributed by atoms with Crippen molar-refractivity contribution in [1.29, 1.82) is 0 Å². The monoisotopic (exact) mass is 327 g/mol. The van der Waals surface area contributed by atoms with Gasteiger partial charge in [0.1, 0.15) is 11.5 Å². The second-order valence-corrected chi connectivity index (χ2v) is 6.37. The van der Waals surface area contributed by atoms with Crippen LogP contribution in [0.25, 0.3) is 0 Å². The molecule has 24 heavy (non-hydrogen) atoms. The highest BCUT2D eigenvalue weighted by atomic mass is 16.5. The molecule has 0 amide bonds. The van der Waals surface area contributed by atoms with Crippen LogP contribution < -0.4 is 15.2 Å². The molecule has 0 aliphatic carbocycles. The van der Waals surface area contributed by atoms with Crippen LogP contribution >= 0.6 is 0 Å². The molecule has 3 heteroatoms. The summed E-state index contributed by atoms with van der Waals surface area (Å²) >= 11 is 0. The summed E-state index contributed by atoms with van der Waals surface area (Å²) < 4.78 is 11.1. The second-order valence-electron chi connectivity index (χ2n) is 6.37. The quantitative estimate of drug-likeness (QED) is 0.776. The Balaban J connectivity index is 2.25. The highest BCUT2D eigenvalue weighted by Gasteiger charge is 2.17. The zero-order valence-corrected chi connectivity index (χ0v) is 15.2. The van der Waals surface area contributed by atoms with Crippen molar-refractivity contribution in [2.75, 3.05) is 20.3 Å². The van der Waals surface area contributed by atoms with Crippen molar-refractivity contribution in [1.82, 2.24) is 0 Å². The van der Waals surface area contributed by atoms with E-state index in [2.05, 4.69) is 44.2 Å². The molecule has 0 spiro atoms. The van der Waals surface area contributed by atoms with Crippen molar-refractivity contribution < 1.29 is 9.47 Å². The first kappa shape index (κ1) is 18.3. The largest absolute Gasteiger partial charge is 0.496 e. The average Bonchev–Trinajstić information content (AvgIpc) is 2.60. The predicted octanol–water partition coefficient (Wildman–Crippen LogP) is 4.50. The fourth-order valence-electron chi connectivity index (χ4n) is 2.92. The number of nitrogens with two attached hydrogens (primary N) is 1. The van der Waals surface area contributed by atoms with Crippen LogP contribution in [0.4, 0.5) is 0 Å². The molecule has 3 nitrogen and oxygen atoms in total. The topological polar surface area (TPSA) is 44.5 Å². The van der Waals surface area contributed by atoms with Gasteiger partial charge in [-0.3, -0.25) is 0 Å². The lowest BCUT2D eigenvalue weighted by Gasteiger charge is -2.20. The van der Waals surface area contributed by atoms with Crippen LogP contribution in [0.5, 0.6) is 11.5 Å². The van der Waals surface area contributed by atoms with Gasteiger partial charge in [-0.05, 0) is 60.7 Å². The number of ether oxygens (including phenoxy) is 2. The summed E-state index contributed by atoms with van der Waals surface area (Å²) in [6.45, 7) is 7.67. The Bertz CT molecular complexity index is 635. The minimum Gasteiger partial charge on any atom is -0.496 e. The number of methoxy groups -OCH3 is 1. The van der Waals surface area contributed by atoms with E-state index in [1.165, 1.54) is 16.7 Å². The summed E-state index contributed by atoms with van der Waals surface area (Å²) in [5.74, 6) is 2.54. The summed E-state index contributed by atoms with van der Waals surface area (Å²) in [4.78, 5) is 0. The number of rotatable bonds is 8. The van der Waals surface area contributed by atoms with Crippen molar-refractivity contribution in [2.24, 2.45) is 5.73 Å². The third-order valence-electron chi connectivity index (χ3n) is 4.36. The van der Waals surface area contributed by atoms with Crippen LogP contribution in [0.1, 0.15) is 49.3 Å². The maximum absolute atomic E-state index is 6.10. The van der Waals surface area contributed by atoms with Gasteiger partial charge in [0.2, 0.25) is 0 Å². The summed E-state index contributed by atoms with van der Waals surface area (Å²) in [7, 11) is 1.72. The van der Waals surface area contributed by atoms with Gasteiger partial charge in [-0.1, -0.05) is 38.1 Å². The maximum Gasteiger partial charge on any atom is 0.122 e. The van der Waals surface area contributed by atoms with E-state index >= 15 is 0 Å². The minimum atomic E-state index is 0.233. The van der Waals surface area contributed by atoms with Crippen molar-refractivity contribution in [3.8, 4) is 11.5 Å². The Kier molecular flexibility index (Phi) is 6.68. The zero-order valence-electron chi connectivity index (χ0n) is 15.2. The first-order valence-corrected chi connectivity index (χ1v) is 8.68. The molecule has 0 saturated carbocycles. The fourth-order valence-corrected chi connectivity index (χ4v) is 2.92. The molecule has 1 unspecified atom stereocenters. The van der Waals surface area contributed by atoms with Crippen LogP contribution in [0.3, 0.4) is 0 Å². The van der Waals surface area contributed by atoms with Gasteiger partial charge in [-0.15, -0.1) is 0 Å². The molecule has 0 heterocycles.